The summed E-state index contributed by atoms with van der Waals surface area (Å²) in [7, 11) is 0. The van der Waals surface area contributed by atoms with Crippen LogP contribution in [0.4, 0.5) is 5.69 Å². The third-order valence-corrected chi connectivity index (χ3v) is 6.00. The molecule has 0 atom stereocenters. The van der Waals surface area contributed by atoms with Gasteiger partial charge in [-0.1, -0.05) is 50.2 Å². The Bertz CT molecular complexity index is 1120. The highest BCUT2D eigenvalue weighted by Crippen LogP contribution is 2.16. The number of anilines is 1. The van der Waals surface area contributed by atoms with E-state index in [2.05, 4.69) is 41.5 Å². The molecular formula is C28H33N3O2. The van der Waals surface area contributed by atoms with Gasteiger partial charge in [-0.25, -0.2) is 0 Å². The van der Waals surface area contributed by atoms with Gasteiger partial charge in [0.2, 0.25) is 0 Å². The quantitative estimate of drug-likeness (QED) is 0.470. The van der Waals surface area contributed by atoms with E-state index < -0.39 is 0 Å². The largest absolute Gasteiger partial charge is 0.348 e. The van der Waals surface area contributed by atoms with Crippen LogP contribution in [-0.4, -0.2) is 29.8 Å². The van der Waals surface area contributed by atoms with Crippen molar-refractivity contribution in [2.24, 2.45) is 0 Å². The number of carbonyl (C=O) groups is 2. The van der Waals surface area contributed by atoms with Crippen LogP contribution in [0.15, 0.2) is 66.7 Å². The van der Waals surface area contributed by atoms with E-state index in [4.69, 9.17) is 0 Å². The van der Waals surface area contributed by atoms with Crippen LogP contribution in [0.5, 0.6) is 0 Å². The molecule has 0 aliphatic carbocycles. The van der Waals surface area contributed by atoms with Crippen molar-refractivity contribution < 1.29 is 9.59 Å². The molecule has 3 aromatic rings. The van der Waals surface area contributed by atoms with Crippen LogP contribution in [0.3, 0.4) is 0 Å². The Morgan fingerprint density at radius 3 is 2.15 bits per heavy atom. The summed E-state index contributed by atoms with van der Waals surface area (Å²) >= 11 is 0. The van der Waals surface area contributed by atoms with Crippen LogP contribution >= 0.6 is 0 Å². The third kappa shape index (κ3) is 6.53. The van der Waals surface area contributed by atoms with Crippen LogP contribution < -0.4 is 10.6 Å². The average molecular weight is 444 g/mol. The van der Waals surface area contributed by atoms with E-state index >= 15 is 0 Å². The smallest absolute Gasteiger partial charge is 0.255 e. The van der Waals surface area contributed by atoms with Crippen LogP contribution in [0.2, 0.25) is 0 Å². The van der Waals surface area contributed by atoms with E-state index in [0.29, 0.717) is 23.4 Å². The Morgan fingerprint density at radius 1 is 0.758 bits per heavy atom. The monoisotopic (exact) mass is 443 g/mol. The first-order valence-electron chi connectivity index (χ1n) is 11.5. The summed E-state index contributed by atoms with van der Waals surface area (Å²) in [5.74, 6) is -0.365. The SMILES string of the molecule is CCN(CC)Cc1ccccc1CNC(=O)c1cccc(NC(=O)c2ccc(C)c(C)c2)c1. The molecule has 2 N–H and O–H groups in total. The molecule has 5 heteroatoms. The first-order chi connectivity index (χ1) is 15.9. The molecule has 0 fully saturated rings. The fourth-order valence-electron chi connectivity index (χ4n) is 3.67. The van der Waals surface area contributed by atoms with E-state index in [-0.39, 0.29) is 11.8 Å². The molecule has 0 spiro atoms. The predicted octanol–water partition coefficient (Wildman–Crippen LogP) is 5.33. The van der Waals surface area contributed by atoms with Crippen molar-refractivity contribution in [2.45, 2.75) is 40.8 Å². The predicted molar refractivity (Wildman–Crippen MR) is 135 cm³/mol. The fourth-order valence-corrected chi connectivity index (χ4v) is 3.67. The molecule has 0 saturated heterocycles. The molecule has 5 nitrogen and oxygen atoms in total. The van der Waals surface area contributed by atoms with E-state index in [9.17, 15) is 9.59 Å². The number of nitrogens with one attached hydrogen (secondary N) is 2. The zero-order valence-corrected chi connectivity index (χ0v) is 19.9. The summed E-state index contributed by atoms with van der Waals surface area (Å²) in [6.45, 7) is 11.6. The summed E-state index contributed by atoms with van der Waals surface area (Å²) in [5, 5.41) is 5.91. The van der Waals surface area contributed by atoms with E-state index in [1.165, 1.54) is 5.56 Å². The van der Waals surface area contributed by atoms with Crippen molar-refractivity contribution in [1.82, 2.24) is 10.2 Å². The van der Waals surface area contributed by atoms with Crippen molar-refractivity contribution in [3.63, 3.8) is 0 Å². The lowest BCUT2D eigenvalue weighted by Crippen LogP contribution is -2.26. The van der Waals surface area contributed by atoms with Gasteiger partial charge in [0.05, 0.1) is 0 Å². The summed E-state index contributed by atoms with van der Waals surface area (Å²) in [5.41, 5.74) is 6.23. The Hall–Kier alpha value is -3.44. The number of carbonyl (C=O) groups excluding carboxylic acids is 2. The van der Waals surface area contributed by atoms with Crippen molar-refractivity contribution in [3.8, 4) is 0 Å². The minimum atomic E-state index is -0.194. The summed E-state index contributed by atoms with van der Waals surface area (Å²) in [6, 6.07) is 20.8. The molecule has 33 heavy (non-hydrogen) atoms. The molecule has 172 valence electrons. The number of amides is 2. The molecule has 0 heterocycles. The van der Waals surface area contributed by atoms with Crippen LogP contribution in [0.1, 0.15) is 56.8 Å². The van der Waals surface area contributed by atoms with Gasteiger partial charge in [-0.2, -0.15) is 0 Å². The van der Waals surface area contributed by atoms with Gasteiger partial charge in [0.25, 0.3) is 11.8 Å². The number of nitrogens with zero attached hydrogens (tertiary/aromatic N) is 1. The molecule has 2 amide bonds. The van der Waals surface area contributed by atoms with E-state index in [0.717, 1.165) is 36.3 Å². The maximum Gasteiger partial charge on any atom is 0.255 e. The molecule has 0 aliphatic heterocycles. The van der Waals surface area contributed by atoms with E-state index in [1.54, 1.807) is 24.3 Å². The first kappa shape index (κ1) is 24.2. The number of hydrogen-bond acceptors (Lipinski definition) is 3. The molecule has 0 unspecified atom stereocenters. The summed E-state index contributed by atoms with van der Waals surface area (Å²) in [6.07, 6.45) is 0. The van der Waals surface area contributed by atoms with Gasteiger partial charge in [-0.15, -0.1) is 0 Å². The summed E-state index contributed by atoms with van der Waals surface area (Å²) in [4.78, 5) is 27.8. The Labute approximate surface area is 196 Å². The van der Waals surface area contributed by atoms with Crippen LogP contribution in [0.25, 0.3) is 0 Å². The topological polar surface area (TPSA) is 61.4 Å². The highest BCUT2D eigenvalue weighted by Gasteiger charge is 2.12. The number of benzene rings is 3. The Kier molecular flexibility index (Phi) is 8.39. The zero-order valence-electron chi connectivity index (χ0n) is 19.9. The molecule has 0 radical (unpaired) electrons. The first-order valence-corrected chi connectivity index (χ1v) is 11.5. The highest BCUT2D eigenvalue weighted by molar-refractivity contribution is 6.05. The average Bonchev–Trinajstić information content (AvgIpc) is 2.83. The lowest BCUT2D eigenvalue weighted by atomic mass is 10.1. The molecule has 0 aromatic heterocycles. The maximum atomic E-state index is 12.8. The van der Waals surface area contributed by atoms with Crippen LogP contribution in [0, 0.1) is 13.8 Å². The van der Waals surface area contributed by atoms with Gasteiger partial charge in [-0.3, -0.25) is 14.5 Å². The maximum absolute atomic E-state index is 12.8. The number of aryl methyl sites for hydroxylation is 2. The molecule has 0 bridgehead atoms. The molecule has 0 aliphatic rings. The van der Waals surface area contributed by atoms with Gasteiger partial charge >= 0.3 is 0 Å². The number of hydrogen-bond donors (Lipinski definition) is 2. The van der Waals surface area contributed by atoms with Crippen molar-refractivity contribution in [2.75, 3.05) is 18.4 Å². The van der Waals surface area contributed by atoms with Gasteiger partial charge in [0, 0.05) is 29.9 Å². The summed E-state index contributed by atoms with van der Waals surface area (Å²) < 4.78 is 0. The molecule has 3 rings (SSSR count). The molecule has 0 saturated carbocycles. The lowest BCUT2D eigenvalue weighted by Gasteiger charge is -2.20. The number of rotatable bonds is 9. The zero-order chi connectivity index (χ0) is 23.8. The minimum absolute atomic E-state index is 0.171. The van der Waals surface area contributed by atoms with Crippen molar-refractivity contribution in [3.05, 3.63) is 100 Å². The van der Waals surface area contributed by atoms with Gasteiger partial charge in [0.1, 0.15) is 0 Å². The fraction of sp³-hybridized carbons (Fsp3) is 0.286. The van der Waals surface area contributed by atoms with Gasteiger partial charge in [-0.05, 0) is 79.5 Å². The van der Waals surface area contributed by atoms with Crippen molar-refractivity contribution in [1.29, 1.82) is 0 Å². The molecule has 3 aromatic carbocycles. The second-order valence-corrected chi connectivity index (χ2v) is 8.25. The van der Waals surface area contributed by atoms with Crippen LogP contribution in [-0.2, 0) is 13.1 Å². The second kappa shape index (κ2) is 11.4. The minimum Gasteiger partial charge on any atom is -0.348 e. The normalized spacial score (nSPS) is 10.8. The van der Waals surface area contributed by atoms with Gasteiger partial charge in [0.15, 0.2) is 0 Å². The highest BCUT2D eigenvalue weighted by atomic mass is 16.2. The van der Waals surface area contributed by atoms with Crippen molar-refractivity contribution >= 4 is 17.5 Å². The molecular weight excluding hydrogens is 410 g/mol. The third-order valence-electron chi connectivity index (χ3n) is 6.00. The second-order valence-electron chi connectivity index (χ2n) is 8.25. The standard InChI is InChI=1S/C28H33N3O2/c1-5-31(6-2)19-25-11-8-7-10-24(25)18-29-27(32)22-12-9-13-26(17-22)30-28(33)23-15-14-20(3)21(4)16-23/h7-17H,5-6,18-19H2,1-4H3,(H,29,32)(H,30,33). The van der Waals surface area contributed by atoms with E-state index in [1.807, 2.05) is 44.2 Å². The lowest BCUT2D eigenvalue weighted by molar-refractivity contribution is 0.0949. The Balaban J connectivity index is 1.65. The van der Waals surface area contributed by atoms with Gasteiger partial charge < -0.3 is 10.6 Å². The Morgan fingerprint density at radius 2 is 1.45 bits per heavy atom.